The van der Waals surface area contributed by atoms with Gasteiger partial charge in [0.05, 0.1) is 7.11 Å². The quantitative estimate of drug-likeness (QED) is 0.497. The van der Waals surface area contributed by atoms with Gasteiger partial charge in [-0.1, -0.05) is 29.3 Å². The maximum absolute atomic E-state index is 11.1. The summed E-state index contributed by atoms with van der Waals surface area (Å²) in [6.45, 7) is 3.74. The summed E-state index contributed by atoms with van der Waals surface area (Å²) in [7, 11) is 1.38. The number of alkyl halides is 1. The zero-order valence-corrected chi connectivity index (χ0v) is 11.6. The second-order valence-corrected chi connectivity index (χ2v) is 4.92. The van der Waals surface area contributed by atoms with Crippen LogP contribution in [-0.4, -0.2) is 42.7 Å². The van der Waals surface area contributed by atoms with Crippen LogP contribution in [0.3, 0.4) is 0 Å². The number of halogens is 1. The molecule has 0 aliphatic rings. The van der Waals surface area contributed by atoms with Gasteiger partial charge in [0.15, 0.2) is 0 Å². The number of ether oxygens (including phenoxy) is 1. The fourth-order valence-electron chi connectivity index (χ4n) is 1.56. The summed E-state index contributed by atoms with van der Waals surface area (Å²) in [4.78, 5) is 10.8. The Labute approximate surface area is 106 Å². The minimum Gasteiger partial charge on any atom is -0.468 e. The molecule has 0 aliphatic carbocycles. The first-order chi connectivity index (χ1) is 7.65. The zero-order chi connectivity index (χ0) is 12.4. The number of rotatable bonds is 9. The number of carbonyl (C=O) groups is 1. The molecule has 0 saturated heterocycles. The number of carbonyl (C=O) groups excluding carboxylic acids is 1. The van der Waals surface area contributed by atoms with E-state index in [9.17, 15) is 4.79 Å². The van der Waals surface area contributed by atoms with Crippen LogP contribution in [0.15, 0.2) is 0 Å². The van der Waals surface area contributed by atoms with E-state index in [1.165, 1.54) is 7.11 Å². The molecule has 0 radical (unpaired) electrons. The van der Waals surface area contributed by atoms with Crippen LogP contribution < -0.4 is 5.32 Å². The molecule has 0 bridgehead atoms. The van der Waals surface area contributed by atoms with E-state index in [0.29, 0.717) is 12.5 Å². The molecular formula is C11H22BrNO3. The molecule has 2 N–H and O–H groups in total. The molecule has 0 aromatic carbocycles. The Balaban J connectivity index is 3.71. The molecule has 4 nitrogen and oxygen atoms in total. The van der Waals surface area contributed by atoms with Gasteiger partial charge in [0, 0.05) is 13.2 Å². The molecule has 0 aromatic heterocycles. The van der Waals surface area contributed by atoms with E-state index in [4.69, 9.17) is 5.11 Å². The third kappa shape index (κ3) is 7.19. The highest BCUT2D eigenvalue weighted by Crippen LogP contribution is 2.09. The van der Waals surface area contributed by atoms with Gasteiger partial charge in [-0.3, -0.25) is 4.79 Å². The lowest BCUT2D eigenvalue weighted by atomic mass is 10.0. The van der Waals surface area contributed by atoms with Crippen LogP contribution in [0.2, 0.25) is 0 Å². The van der Waals surface area contributed by atoms with Crippen LogP contribution in [0.5, 0.6) is 0 Å². The monoisotopic (exact) mass is 295 g/mol. The predicted octanol–water partition coefficient (Wildman–Crippen LogP) is 1.31. The molecule has 0 aromatic rings. The molecule has 0 heterocycles. The standard InChI is InChI=1S/C11H22BrNO3/c1-3-4-9(5-6-14)7-13-8-10(12)11(15)16-2/h9-10,13-14H,3-8H2,1-2H3. The summed E-state index contributed by atoms with van der Waals surface area (Å²) in [5.74, 6) is 0.217. The number of esters is 1. The van der Waals surface area contributed by atoms with E-state index >= 15 is 0 Å². The first-order valence-electron chi connectivity index (χ1n) is 5.69. The predicted molar refractivity (Wildman–Crippen MR) is 67.7 cm³/mol. The third-order valence-electron chi connectivity index (χ3n) is 2.45. The van der Waals surface area contributed by atoms with Crippen molar-refractivity contribution >= 4 is 21.9 Å². The minimum atomic E-state index is -0.297. The Morgan fingerprint density at radius 3 is 2.62 bits per heavy atom. The number of hydrogen-bond donors (Lipinski definition) is 2. The second-order valence-electron chi connectivity index (χ2n) is 3.82. The van der Waals surface area contributed by atoms with Crippen molar-refractivity contribution in [2.45, 2.75) is 31.0 Å². The highest BCUT2D eigenvalue weighted by Gasteiger charge is 2.15. The van der Waals surface area contributed by atoms with Crippen LogP contribution in [0.1, 0.15) is 26.2 Å². The van der Waals surface area contributed by atoms with Crippen molar-refractivity contribution < 1.29 is 14.6 Å². The molecule has 0 spiro atoms. The third-order valence-corrected chi connectivity index (χ3v) is 3.15. The average Bonchev–Trinajstić information content (AvgIpc) is 2.28. The first kappa shape index (κ1) is 15.9. The first-order valence-corrected chi connectivity index (χ1v) is 6.60. The van der Waals surface area contributed by atoms with Crippen LogP contribution in [0, 0.1) is 5.92 Å². The Morgan fingerprint density at radius 2 is 2.12 bits per heavy atom. The van der Waals surface area contributed by atoms with Crippen molar-refractivity contribution in [1.82, 2.24) is 5.32 Å². The molecule has 2 unspecified atom stereocenters. The van der Waals surface area contributed by atoms with Gasteiger partial charge in [-0.25, -0.2) is 0 Å². The average molecular weight is 296 g/mol. The molecule has 0 aliphatic heterocycles. The Hall–Kier alpha value is -0.130. The fraction of sp³-hybridized carbons (Fsp3) is 0.909. The normalized spacial score (nSPS) is 14.5. The molecule has 5 heteroatoms. The molecule has 0 fully saturated rings. The van der Waals surface area contributed by atoms with Crippen molar-refractivity contribution in [2.75, 3.05) is 26.8 Å². The highest BCUT2D eigenvalue weighted by atomic mass is 79.9. The summed E-state index contributed by atoms with van der Waals surface area (Å²) in [6, 6.07) is 0. The van der Waals surface area contributed by atoms with Crippen molar-refractivity contribution in [3.8, 4) is 0 Å². The van der Waals surface area contributed by atoms with E-state index in [-0.39, 0.29) is 17.4 Å². The Morgan fingerprint density at radius 1 is 1.44 bits per heavy atom. The highest BCUT2D eigenvalue weighted by molar-refractivity contribution is 9.10. The smallest absolute Gasteiger partial charge is 0.320 e. The summed E-state index contributed by atoms with van der Waals surface area (Å²) < 4.78 is 4.60. The lowest BCUT2D eigenvalue weighted by Crippen LogP contribution is -2.33. The van der Waals surface area contributed by atoms with Crippen molar-refractivity contribution in [3.05, 3.63) is 0 Å². The topological polar surface area (TPSA) is 58.6 Å². The summed E-state index contributed by atoms with van der Waals surface area (Å²) in [5, 5.41) is 12.1. The van der Waals surface area contributed by atoms with E-state index < -0.39 is 0 Å². The molecule has 2 atom stereocenters. The van der Waals surface area contributed by atoms with Crippen molar-refractivity contribution in [2.24, 2.45) is 5.92 Å². The van der Waals surface area contributed by atoms with Gasteiger partial charge in [0.1, 0.15) is 4.83 Å². The maximum atomic E-state index is 11.1. The maximum Gasteiger partial charge on any atom is 0.320 e. The van der Waals surface area contributed by atoms with E-state index in [2.05, 4.69) is 32.9 Å². The molecule has 16 heavy (non-hydrogen) atoms. The van der Waals surface area contributed by atoms with E-state index in [0.717, 1.165) is 25.8 Å². The Kier molecular flexibility index (Phi) is 9.97. The van der Waals surface area contributed by atoms with Crippen molar-refractivity contribution in [3.63, 3.8) is 0 Å². The number of aliphatic hydroxyl groups excluding tert-OH is 1. The lowest BCUT2D eigenvalue weighted by Gasteiger charge is -2.16. The van der Waals surface area contributed by atoms with Gasteiger partial charge in [-0.05, 0) is 25.3 Å². The summed E-state index contributed by atoms with van der Waals surface area (Å²) in [6.07, 6.45) is 3.02. The zero-order valence-electron chi connectivity index (χ0n) is 10.0. The van der Waals surface area contributed by atoms with Crippen LogP contribution in [0.25, 0.3) is 0 Å². The fourth-order valence-corrected chi connectivity index (χ4v) is 1.98. The van der Waals surface area contributed by atoms with Gasteiger partial charge < -0.3 is 15.2 Å². The molecule has 0 amide bonds. The molecule has 0 rings (SSSR count). The number of nitrogens with one attached hydrogen (secondary N) is 1. The van der Waals surface area contributed by atoms with Gasteiger partial charge in [-0.15, -0.1) is 0 Å². The molecular weight excluding hydrogens is 274 g/mol. The number of aliphatic hydroxyl groups is 1. The van der Waals surface area contributed by atoms with Gasteiger partial charge in [0.25, 0.3) is 0 Å². The molecule has 96 valence electrons. The largest absolute Gasteiger partial charge is 0.468 e. The van der Waals surface area contributed by atoms with E-state index in [1.807, 2.05) is 0 Å². The number of hydrogen-bond acceptors (Lipinski definition) is 4. The van der Waals surface area contributed by atoms with Crippen LogP contribution >= 0.6 is 15.9 Å². The summed E-state index contributed by atoms with van der Waals surface area (Å²) in [5.41, 5.74) is 0. The van der Waals surface area contributed by atoms with Crippen LogP contribution in [-0.2, 0) is 9.53 Å². The minimum absolute atomic E-state index is 0.223. The van der Waals surface area contributed by atoms with Crippen molar-refractivity contribution in [1.29, 1.82) is 0 Å². The lowest BCUT2D eigenvalue weighted by molar-refractivity contribution is -0.139. The number of methoxy groups -OCH3 is 1. The summed E-state index contributed by atoms with van der Waals surface area (Å²) >= 11 is 3.25. The SMILES string of the molecule is CCCC(CCO)CNCC(Br)C(=O)OC. The van der Waals surface area contributed by atoms with Gasteiger partial charge in [0.2, 0.25) is 0 Å². The van der Waals surface area contributed by atoms with Gasteiger partial charge in [-0.2, -0.15) is 0 Å². The van der Waals surface area contributed by atoms with E-state index in [1.54, 1.807) is 0 Å². The second kappa shape index (κ2) is 10.1. The van der Waals surface area contributed by atoms with Crippen LogP contribution in [0.4, 0.5) is 0 Å². The Bertz CT molecular complexity index is 184. The van der Waals surface area contributed by atoms with Gasteiger partial charge >= 0.3 is 5.97 Å². The molecule has 0 saturated carbocycles.